The van der Waals surface area contributed by atoms with Gasteiger partial charge in [-0.2, -0.15) is 10.1 Å². The number of rotatable bonds is 6. The summed E-state index contributed by atoms with van der Waals surface area (Å²) in [5, 5.41) is 9.12. The summed E-state index contributed by atoms with van der Waals surface area (Å²) >= 11 is 6.20. The number of anilines is 1. The van der Waals surface area contributed by atoms with Gasteiger partial charge in [0.2, 0.25) is 0 Å². The van der Waals surface area contributed by atoms with Gasteiger partial charge in [0, 0.05) is 23.3 Å². The highest BCUT2D eigenvalue weighted by Gasteiger charge is 2.18. The van der Waals surface area contributed by atoms with E-state index in [1.54, 1.807) is 27.6 Å². The van der Waals surface area contributed by atoms with E-state index in [0.29, 0.717) is 53.5 Å². The molecule has 0 aliphatic carbocycles. The van der Waals surface area contributed by atoms with E-state index in [2.05, 4.69) is 25.4 Å². The minimum atomic E-state index is -0.530. The summed E-state index contributed by atoms with van der Waals surface area (Å²) in [7, 11) is 1.40. The summed E-state index contributed by atoms with van der Waals surface area (Å²) in [5.41, 5.74) is 2.08. The summed E-state index contributed by atoms with van der Waals surface area (Å²) in [5.74, 6) is 0.0676. The van der Waals surface area contributed by atoms with E-state index in [-0.39, 0.29) is 28.4 Å². The molecule has 12 heteroatoms. The molecule has 4 heterocycles. The minimum Gasteiger partial charge on any atom is -0.494 e. The van der Waals surface area contributed by atoms with E-state index >= 15 is 0 Å². The highest BCUT2D eigenvalue weighted by molar-refractivity contribution is 6.31. The SMILES string of the molecule is COc1ccc(Cl)c(CNc2ncnc3nn(Cc4ccc5nc6n(c(=O)c5c4)CCO6)cc23)c1F. The van der Waals surface area contributed by atoms with Crippen molar-refractivity contribution in [2.75, 3.05) is 19.0 Å². The maximum absolute atomic E-state index is 14.7. The van der Waals surface area contributed by atoms with Gasteiger partial charge in [-0.25, -0.2) is 14.4 Å². The van der Waals surface area contributed by atoms with Crippen LogP contribution in [0.1, 0.15) is 11.1 Å². The normalized spacial score (nSPS) is 12.6. The molecule has 36 heavy (non-hydrogen) atoms. The highest BCUT2D eigenvalue weighted by Crippen LogP contribution is 2.28. The average molecular weight is 508 g/mol. The van der Waals surface area contributed by atoms with Crippen molar-refractivity contribution >= 4 is 39.4 Å². The first kappa shape index (κ1) is 22.2. The third kappa shape index (κ3) is 3.77. The number of benzene rings is 2. The highest BCUT2D eigenvalue weighted by atomic mass is 35.5. The van der Waals surface area contributed by atoms with Crippen LogP contribution in [-0.2, 0) is 19.6 Å². The molecule has 0 bridgehead atoms. The third-order valence-corrected chi connectivity index (χ3v) is 6.40. The smallest absolute Gasteiger partial charge is 0.299 e. The lowest BCUT2D eigenvalue weighted by Crippen LogP contribution is -2.18. The second-order valence-electron chi connectivity index (χ2n) is 8.23. The maximum atomic E-state index is 14.7. The van der Waals surface area contributed by atoms with Gasteiger partial charge in [-0.15, -0.1) is 0 Å². The summed E-state index contributed by atoms with van der Waals surface area (Å²) in [6.45, 7) is 1.43. The van der Waals surface area contributed by atoms with E-state index in [9.17, 15) is 9.18 Å². The van der Waals surface area contributed by atoms with Crippen molar-refractivity contribution in [3.05, 3.63) is 75.2 Å². The number of aromatic nitrogens is 6. The zero-order chi connectivity index (χ0) is 24.8. The van der Waals surface area contributed by atoms with Gasteiger partial charge >= 0.3 is 0 Å². The summed E-state index contributed by atoms with van der Waals surface area (Å²) in [4.78, 5) is 25.8. The molecule has 182 valence electrons. The van der Waals surface area contributed by atoms with Crippen molar-refractivity contribution in [2.45, 2.75) is 19.6 Å². The van der Waals surface area contributed by atoms with Crippen LogP contribution in [0.4, 0.5) is 10.2 Å². The van der Waals surface area contributed by atoms with E-state index in [1.807, 2.05) is 12.1 Å². The van der Waals surface area contributed by atoms with Crippen LogP contribution < -0.4 is 20.3 Å². The van der Waals surface area contributed by atoms with Crippen LogP contribution in [0.5, 0.6) is 11.8 Å². The molecule has 1 aliphatic rings. The number of hydrogen-bond donors (Lipinski definition) is 1. The van der Waals surface area contributed by atoms with Crippen molar-refractivity contribution in [1.82, 2.24) is 29.3 Å². The van der Waals surface area contributed by atoms with Gasteiger partial charge in [0.15, 0.2) is 17.2 Å². The first-order chi connectivity index (χ1) is 17.5. The maximum Gasteiger partial charge on any atom is 0.299 e. The number of fused-ring (bicyclic) bond motifs is 3. The quantitative estimate of drug-likeness (QED) is 0.372. The Kier molecular flexibility index (Phi) is 5.41. The molecule has 6 rings (SSSR count). The van der Waals surface area contributed by atoms with Crippen LogP contribution in [-0.4, -0.2) is 43.0 Å². The van der Waals surface area contributed by atoms with Crippen LogP contribution >= 0.6 is 11.6 Å². The number of nitrogens with zero attached hydrogens (tertiary/aromatic N) is 6. The number of methoxy groups -OCH3 is 1. The van der Waals surface area contributed by atoms with Crippen molar-refractivity contribution in [1.29, 1.82) is 0 Å². The summed E-state index contributed by atoms with van der Waals surface area (Å²) in [6, 6.07) is 8.93. The van der Waals surface area contributed by atoms with Crippen LogP contribution in [0, 0.1) is 5.82 Å². The fourth-order valence-electron chi connectivity index (χ4n) is 4.24. The van der Waals surface area contributed by atoms with Crippen molar-refractivity contribution in [3.8, 4) is 11.8 Å². The molecule has 0 saturated heterocycles. The Morgan fingerprint density at radius 3 is 2.97 bits per heavy atom. The van der Waals surface area contributed by atoms with Gasteiger partial charge in [-0.3, -0.25) is 14.0 Å². The van der Waals surface area contributed by atoms with Gasteiger partial charge in [-0.1, -0.05) is 17.7 Å². The van der Waals surface area contributed by atoms with E-state index in [0.717, 1.165) is 5.56 Å². The molecule has 5 aromatic rings. The molecule has 0 radical (unpaired) electrons. The second kappa shape index (κ2) is 8.76. The van der Waals surface area contributed by atoms with Crippen molar-refractivity contribution in [3.63, 3.8) is 0 Å². The zero-order valence-electron chi connectivity index (χ0n) is 19.0. The fraction of sp³-hybridized carbons (Fsp3) is 0.208. The molecule has 0 atom stereocenters. The van der Waals surface area contributed by atoms with E-state index < -0.39 is 5.82 Å². The fourth-order valence-corrected chi connectivity index (χ4v) is 4.46. The second-order valence-corrected chi connectivity index (χ2v) is 8.64. The number of halogens is 2. The molecule has 0 unspecified atom stereocenters. The Morgan fingerprint density at radius 2 is 2.11 bits per heavy atom. The molecular weight excluding hydrogens is 489 g/mol. The van der Waals surface area contributed by atoms with E-state index in [4.69, 9.17) is 21.1 Å². The molecule has 0 spiro atoms. The molecule has 3 aromatic heterocycles. The molecule has 10 nitrogen and oxygen atoms in total. The lowest BCUT2D eigenvalue weighted by molar-refractivity contribution is 0.345. The predicted octanol–water partition coefficient (Wildman–Crippen LogP) is 3.39. The Morgan fingerprint density at radius 1 is 1.22 bits per heavy atom. The number of ether oxygens (including phenoxy) is 2. The molecule has 1 aliphatic heterocycles. The molecule has 0 fully saturated rings. The minimum absolute atomic E-state index is 0.0921. The lowest BCUT2D eigenvalue weighted by Gasteiger charge is -2.11. The first-order valence-corrected chi connectivity index (χ1v) is 11.5. The predicted molar refractivity (Wildman–Crippen MR) is 131 cm³/mol. The Labute approximate surface area is 208 Å². The molecule has 2 aromatic carbocycles. The molecular formula is C24H19ClFN7O3. The molecule has 0 saturated carbocycles. The molecule has 0 amide bonds. The van der Waals surface area contributed by atoms with Crippen LogP contribution in [0.2, 0.25) is 5.02 Å². The van der Waals surface area contributed by atoms with Gasteiger partial charge in [0.05, 0.1) is 36.5 Å². The van der Waals surface area contributed by atoms with Gasteiger partial charge in [0.25, 0.3) is 11.6 Å². The van der Waals surface area contributed by atoms with Gasteiger partial charge in [0.1, 0.15) is 18.8 Å². The van der Waals surface area contributed by atoms with Gasteiger partial charge < -0.3 is 14.8 Å². The van der Waals surface area contributed by atoms with Crippen molar-refractivity contribution in [2.24, 2.45) is 0 Å². The van der Waals surface area contributed by atoms with Crippen LogP contribution in [0.3, 0.4) is 0 Å². The summed E-state index contributed by atoms with van der Waals surface area (Å²) < 4.78 is 28.4. The standard InChI is InChI=1S/C24H19ClFN7O3/c1-35-19-5-3-17(25)15(20(19)26)9-27-21-16-11-32(31-22(16)29-12-28-21)10-13-2-4-18-14(8-13)23(34)33-6-7-36-24(33)30-18/h2-5,8,11-12H,6-7,9-10H2,1H3,(H,27,28,29,31). The third-order valence-electron chi connectivity index (χ3n) is 6.04. The Bertz CT molecular complexity index is 1700. The lowest BCUT2D eigenvalue weighted by atomic mass is 10.1. The zero-order valence-corrected chi connectivity index (χ0v) is 19.8. The van der Waals surface area contributed by atoms with Crippen molar-refractivity contribution < 1.29 is 13.9 Å². The topological polar surface area (TPSA) is 109 Å². The summed E-state index contributed by atoms with van der Waals surface area (Å²) in [6.07, 6.45) is 3.18. The number of nitrogens with one attached hydrogen (secondary N) is 1. The van der Waals surface area contributed by atoms with E-state index in [1.165, 1.54) is 19.5 Å². The Balaban J connectivity index is 1.28. The number of hydrogen-bond acceptors (Lipinski definition) is 8. The Hall–Kier alpha value is -4.25. The molecule has 1 N–H and O–H groups in total. The van der Waals surface area contributed by atoms with Crippen LogP contribution in [0.15, 0.2) is 47.7 Å². The monoisotopic (exact) mass is 507 g/mol. The first-order valence-electron chi connectivity index (χ1n) is 11.1. The van der Waals surface area contributed by atoms with Gasteiger partial charge in [-0.05, 0) is 29.8 Å². The van der Waals surface area contributed by atoms with Crippen LogP contribution in [0.25, 0.3) is 21.9 Å². The largest absolute Gasteiger partial charge is 0.494 e. The average Bonchev–Trinajstić information content (AvgIpc) is 3.51.